The number of nitrogens with one attached hydrogen (secondary N) is 1. The molecule has 1 N–H and O–H groups in total. The van der Waals surface area contributed by atoms with Crippen molar-refractivity contribution >= 4 is 22.0 Å². The van der Waals surface area contributed by atoms with Crippen molar-refractivity contribution in [1.82, 2.24) is 5.32 Å². The van der Waals surface area contributed by atoms with Gasteiger partial charge in [0, 0.05) is 16.6 Å². The number of carbonyl (C=O) groups excluding carboxylic acids is 1. The van der Waals surface area contributed by atoms with Crippen molar-refractivity contribution in [3.63, 3.8) is 0 Å². The smallest absolute Gasteiger partial charge is 0.407 e. The van der Waals surface area contributed by atoms with Gasteiger partial charge in [-0.2, -0.15) is 5.26 Å². The van der Waals surface area contributed by atoms with Gasteiger partial charge in [0.2, 0.25) is 0 Å². The number of hydrogen-bond acceptors (Lipinski definition) is 3. The molecule has 0 atom stereocenters. The Morgan fingerprint density at radius 3 is 2.94 bits per heavy atom. The van der Waals surface area contributed by atoms with Crippen LogP contribution in [0, 0.1) is 11.3 Å². The molecule has 0 bridgehead atoms. The van der Waals surface area contributed by atoms with Crippen molar-refractivity contribution < 1.29 is 9.53 Å². The number of nitrogens with zero attached hydrogens (tertiary/aromatic N) is 1. The Morgan fingerprint density at radius 1 is 1.50 bits per heavy atom. The van der Waals surface area contributed by atoms with Crippen molar-refractivity contribution in [2.45, 2.75) is 13.0 Å². The summed E-state index contributed by atoms with van der Waals surface area (Å²) in [5.74, 6) is 0. The van der Waals surface area contributed by atoms with Crippen LogP contribution in [0.15, 0.2) is 28.7 Å². The number of halogens is 1. The molecule has 0 unspecified atom stereocenters. The Morgan fingerprint density at radius 2 is 2.25 bits per heavy atom. The van der Waals surface area contributed by atoms with Crippen LogP contribution in [0.5, 0.6) is 0 Å². The van der Waals surface area contributed by atoms with Crippen molar-refractivity contribution in [2.75, 3.05) is 6.54 Å². The number of ether oxygens (including phenoxy) is 1. The van der Waals surface area contributed by atoms with Crippen LogP contribution < -0.4 is 5.32 Å². The molecule has 0 saturated heterocycles. The maximum Gasteiger partial charge on any atom is 0.407 e. The fourth-order valence-electron chi connectivity index (χ4n) is 1.03. The average Bonchev–Trinajstić information content (AvgIpc) is 2.28. The number of carbonyl (C=O) groups is 1. The molecule has 0 aromatic heterocycles. The minimum atomic E-state index is -0.508. The van der Waals surface area contributed by atoms with Gasteiger partial charge in [-0.1, -0.05) is 34.1 Å². The molecule has 0 aliphatic rings. The third-order valence-electron chi connectivity index (χ3n) is 1.82. The molecule has 1 aromatic carbocycles. The maximum absolute atomic E-state index is 11.1. The zero-order valence-electron chi connectivity index (χ0n) is 8.57. The summed E-state index contributed by atoms with van der Waals surface area (Å²) in [5, 5.41) is 10.7. The first-order chi connectivity index (χ1) is 7.74. The van der Waals surface area contributed by atoms with Gasteiger partial charge in [-0.25, -0.2) is 4.79 Å². The van der Waals surface area contributed by atoms with Crippen molar-refractivity contribution in [2.24, 2.45) is 0 Å². The summed E-state index contributed by atoms with van der Waals surface area (Å²) >= 11 is 3.36. The van der Waals surface area contributed by atoms with Crippen molar-refractivity contribution in [3.05, 3.63) is 34.3 Å². The molecule has 0 aliphatic heterocycles. The first-order valence-corrected chi connectivity index (χ1v) is 5.54. The van der Waals surface area contributed by atoms with E-state index < -0.39 is 6.09 Å². The number of hydrogen-bond donors (Lipinski definition) is 1. The number of benzene rings is 1. The first kappa shape index (κ1) is 12.5. The molecule has 0 heterocycles. The predicted molar refractivity (Wildman–Crippen MR) is 62.6 cm³/mol. The molecule has 0 saturated carbocycles. The Kier molecular flexibility index (Phi) is 5.37. The molecule has 1 amide bonds. The minimum absolute atomic E-state index is 0.208. The van der Waals surface area contributed by atoms with E-state index in [0.29, 0.717) is 6.54 Å². The number of amides is 1. The van der Waals surface area contributed by atoms with Crippen LogP contribution in [0.4, 0.5) is 4.79 Å². The quantitative estimate of drug-likeness (QED) is 0.864. The summed E-state index contributed by atoms with van der Waals surface area (Å²) in [5.41, 5.74) is 0.901. The SMILES string of the molecule is N#CCCNC(=O)OCc1ccccc1Br. The second kappa shape index (κ2) is 6.85. The van der Waals surface area contributed by atoms with Gasteiger partial charge < -0.3 is 10.1 Å². The third kappa shape index (κ3) is 4.32. The summed E-state index contributed by atoms with van der Waals surface area (Å²) < 4.78 is 5.87. The summed E-state index contributed by atoms with van der Waals surface area (Å²) in [6.45, 7) is 0.519. The average molecular weight is 283 g/mol. The van der Waals surface area contributed by atoms with Gasteiger partial charge in [0.05, 0.1) is 12.5 Å². The fourth-order valence-corrected chi connectivity index (χ4v) is 1.43. The highest BCUT2D eigenvalue weighted by atomic mass is 79.9. The van der Waals surface area contributed by atoms with Crippen LogP contribution in [0.25, 0.3) is 0 Å². The van der Waals surface area contributed by atoms with E-state index in [-0.39, 0.29) is 13.0 Å². The minimum Gasteiger partial charge on any atom is -0.445 e. The Bertz CT molecular complexity index is 401. The monoisotopic (exact) mass is 282 g/mol. The predicted octanol–water partition coefficient (Wildman–Crippen LogP) is 2.59. The van der Waals surface area contributed by atoms with E-state index >= 15 is 0 Å². The normalized spacial score (nSPS) is 9.25. The lowest BCUT2D eigenvalue weighted by Gasteiger charge is -2.06. The summed E-state index contributed by atoms with van der Waals surface area (Å²) in [6.07, 6.45) is -0.226. The number of nitriles is 1. The molecule has 1 rings (SSSR count). The third-order valence-corrected chi connectivity index (χ3v) is 2.60. The lowest BCUT2D eigenvalue weighted by Crippen LogP contribution is -2.24. The molecular formula is C11H11BrN2O2. The van der Waals surface area contributed by atoms with Gasteiger partial charge in [-0.05, 0) is 6.07 Å². The van der Waals surface area contributed by atoms with Crippen LogP contribution in [-0.4, -0.2) is 12.6 Å². The van der Waals surface area contributed by atoms with E-state index in [9.17, 15) is 4.79 Å². The highest BCUT2D eigenvalue weighted by Crippen LogP contribution is 2.16. The van der Waals surface area contributed by atoms with E-state index in [1.165, 1.54) is 0 Å². The molecule has 1 aromatic rings. The van der Waals surface area contributed by atoms with Crippen molar-refractivity contribution in [1.29, 1.82) is 5.26 Å². The Balaban J connectivity index is 2.32. The molecule has 0 fully saturated rings. The highest BCUT2D eigenvalue weighted by molar-refractivity contribution is 9.10. The second-order valence-electron chi connectivity index (χ2n) is 3.00. The second-order valence-corrected chi connectivity index (χ2v) is 3.86. The first-order valence-electron chi connectivity index (χ1n) is 4.75. The Labute approximate surface area is 102 Å². The largest absolute Gasteiger partial charge is 0.445 e. The van der Waals surface area contributed by atoms with E-state index in [1.54, 1.807) is 0 Å². The zero-order chi connectivity index (χ0) is 11.8. The Hall–Kier alpha value is -1.54. The van der Waals surface area contributed by atoms with Crippen LogP contribution in [0.3, 0.4) is 0 Å². The topological polar surface area (TPSA) is 62.1 Å². The van der Waals surface area contributed by atoms with E-state index in [2.05, 4.69) is 21.2 Å². The van der Waals surface area contributed by atoms with E-state index in [0.717, 1.165) is 10.0 Å². The fraction of sp³-hybridized carbons (Fsp3) is 0.273. The molecule has 4 nitrogen and oxygen atoms in total. The summed E-state index contributed by atoms with van der Waals surface area (Å²) in [7, 11) is 0. The van der Waals surface area contributed by atoms with Crippen LogP contribution in [0.1, 0.15) is 12.0 Å². The van der Waals surface area contributed by atoms with Crippen LogP contribution in [-0.2, 0) is 11.3 Å². The van der Waals surface area contributed by atoms with Gasteiger partial charge in [0.15, 0.2) is 0 Å². The van der Waals surface area contributed by atoms with Crippen LogP contribution >= 0.6 is 15.9 Å². The van der Waals surface area contributed by atoms with Crippen LogP contribution in [0.2, 0.25) is 0 Å². The lowest BCUT2D eigenvalue weighted by atomic mass is 10.2. The van der Waals surface area contributed by atoms with Crippen molar-refractivity contribution in [3.8, 4) is 6.07 Å². The number of alkyl carbamates (subject to hydrolysis) is 1. The highest BCUT2D eigenvalue weighted by Gasteiger charge is 2.03. The summed E-state index contributed by atoms with van der Waals surface area (Å²) in [4.78, 5) is 11.1. The van der Waals surface area contributed by atoms with Gasteiger partial charge in [0.1, 0.15) is 6.61 Å². The lowest BCUT2D eigenvalue weighted by molar-refractivity contribution is 0.139. The van der Waals surface area contributed by atoms with Gasteiger partial charge in [-0.15, -0.1) is 0 Å². The molecule has 16 heavy (non-hydrogen) atoms. The molecule has 0 radical (unpaired) electrons. The van der Waals surface area contributed by atoms with Gasteiger partial charge in [0.25, 0.3) is 0 Å². The van der Waals surface area contributed by atoms with E-state index in [1.807, 2.05) is 30.3 Å². The molecule has 0 aliphatic carbocycles. The molecular weight excluding hydrogens is 272 g/mol. The standard InChI is InChI=1S/C11H11BrN2O2/c12-10-5-2-1-4-9(10)8-16-11(15)14-7-3-6-13/h1-2,4-5H,3,7-8H2,(H,14,15). The molecule has 84 valence electrons. The zero-order valence-corrected chi connectivity index (χ0v) is 10.2. The number of rotatable bonds is 4. The summed E-state index contributed by atoms with van der Waals surface area (Å²) in [6, 6.07) is 9.44. The maximum atomic E-state index is 11.1. The van der Waals surface area contributed by atoms with Gasteiger partial charge in [-0.3, -0.25) is 0 Å². The van der Waals surface area contributed by atoms with Gasteiger partial charge >= 0.3 is 6.09 Å². The molecule has 5 heteroatoms. The van der Waals surface area contributed by atoms with E-state index in [4.69, 9.17) is 10.00 Å². The molecule has 0 spiro atoms.